The molecule has 136 valence electrons. The van der Waals surface area contributed by atoms with Crippen LogP contribution in [0, 0.1) is 17.3 Å². The lowest BCUT2D eigenvalue weighted by molar-refractivity contribution is -0.152. The van der Waals surface area contributed by atoms with Gasteiger partial charge in [0, 0.05) is 11.6 Å². The molecule has 1 fully saturated rings. The summed E-state index contributed by atoms with van der Waals surface area (Å²) in [5.41, 5.74) is 1.92. The number of benzene rings is 1. The van der Waals surface area contributed by atoms with Crippen LogP contribution >= 0.6 is 11.6 Å². The van der Waals surface area contributed by atoms with Crippen molar-refractivity contribution in [3.63, 3.8) is 0 Å². The van der Waals surface area contributed by atoms with Gasteiger partial charge in [-0.05, 0) is 37.7 Å². The molecule has 0 spiro atoms. The van der Waals surface area contributed by atoms with Gasteiger partial charge in [-0.15, -0.1) is 0 Å². The topological polar surface area (TPSA) is 44.8 Å². The minimum absolute atomic E-state index is 0.0642. The lowest BCUT2D eigenvalue weighted by atomic mass is 10.1. The number of rotatable bonds is 5. The van der Waals surface area contributed by atoms with Crippen LogP contribution in [0.5, 0.6) is 11.5 Å². The summed E-state index contributed by atoms with van der Waals surface area (Å²) in [4.78, 5) is 12.8. The molecule has 0 saturated heterocycles. The van der Waals surface area contributed by atoms with Crippen LogP contribution in [-0.4, -0.2) is 12.8 Å². The summed E-state index contributed by atoms with van der Waals surface area (Å²) in [6.45, 7) is 10.5. The molecule has 0 radical (unpaired) electrons. The maximum absolute atomic E-state index is 12.8. The summed E-state index contributed by atoms with van der Waals surface area (Å²) in [6, 6.07) is 3.54. The molecule has 0 bridgehead atoms. The van der Waals surface area contributed by atoms with Crippen molar-refractivity contribution in [2.24, 2.45) is 17.3 Å². The van der Waals surface area contributed by atoms with Gasteiger partial charge >= 0.3 is 5.97 Å². The van der Waals surface area contributed by atoms with Crippen LogP contribution in [0.3, 0.4) is 0 Å². The minimum atomic E-state index is -0.391. The molecule has 1 aromatic carbocycles. The second-order valence-corrected chi connectivity index (χ2v) is 8.04. The molecular weight excluding hydrogens is 340 g/mol. The number of hydrogen-bond donors (Lipinski definition) is 0. The lowest BCUT2D eigenvalue weighted by Crippen LogP contribution is -2.15. The van der Waals surface area contributed by atoms with Crippen LogP contribution in [0.25, 0.3) is 0 Å². The summed E-state index contributed by atoms with van der Waals surface area (Å²) in [7, 11) is 0. The van der Waals surface area contributed by atoms with E-state index in [1.54, 1.807) is 6.07 Å². The van der Waals surface area contributed by atoms with Gasteiger partial charge in [-0.1, -0.05) is 44.0 Å². The second kappa shape index (κ2) is 6.56. The van der Waals surface area contributed by atoms with E-state index in [0.717, 1.165) is 5.56 Å². The smallest absolute Gasteiger partial charge is 0.310 e. The van der Waals surface area contributed by atoms with Crippen LogP contribution in [0.2, 0.25) is 5.02 Å². The van der Waals surface area contributed by atoms with E-state index in [-0.39, 0.29) is 30.0 Å². The molecule has 1 heterocycles. The Morgan fingerprint density at radius 1 is 1.36 bits per heavy atom. The Morgan fingerprint density at radius 2 is 2.00 bits per heavy atom. The van der Waals surface area contributed by atoms with Crippen molar-refractivity contribution in [2.45, 2.75) is 47.1 Å². The Hall–Kier alpha value is -1.68. The highest BCUT2D eigenvalue weighted by Crippen LogP contribution is 2.60. The zero-order valence-electron chi connectivity index (χ0n) is 15.4. The second-order valence-electron chi connectivity index (χ2n) is 7.63. The Kier molecular flexibility index (Phi) is 4.76. The van der Waals surface area contributed by atoms with Gasteiger partial charge < -0.3 is 14.2 Å². The summed E-state index contributed by atoms with van der Waals surface area (Å²) in [5.74, 6) is 1.23. The molecule has 3 atom stereocenters. The average molecular weight is 365 g/mol. The maximum Gasteiger partial charge on any atom is 0.310 e. The van der Waals surface area contributed by atoms with E-state index in [1.165, 1.54) is 5.57 Å². The average Bonchev–Trinajstić information content (AvgIpc) is 2.86. The number of halogens is 1. The Balaban J connectivity index is 1.77. The number of fused-ring (bicyclic) bond motifs is 1. The number of esters is 1. The first kappa shape index (κ1) is 18.1. The number of hydrogen-bond acceptors (Lipinski definition) is 4. The fourth-order valence-corrected chi connectivity index (χ4v) is 3.83. The summed E-state index contributed by atoms with van der Waals surface area (Å²) >= 11 is 6.38. The van der Waals surface area contributed by atoms with Gasteiger partial charge in [0.2, 0.25) is 6.79 Å². The molecule has 1 saturated carbocycles. The molecule has 25 heavy (non-hydrogen) atoms. The predicted molar refractivity (Wildman–Crippen MR) is 96.9 cm³/mol. The summed E-state index contributed by atoms with van der Waals surface area (Å²) in [6.07, 6.45) is 2.42. The van der Waals surface area contributed by atoms with Gasteiger partial charge in [0.15, 0.2) is 11.5 Å². The molecule has 1 aliphatic carbocycles. The monoisotopic (exact) mass is 364 g/mol. The first-order valence-electron chi connectivity index (χ1n) is 8.70. The van der Waals surface area contributed by atoms with Crippen molar-refractivity contribution in [3.05, 3.63) is 34.4 Å². The number of allylic oxidation sites excluding steroid dienone is 2. The van der Waals surface area contributed by atoms with E-state index < -0.39 is 6.10 Å². The molecule has 2 aliphatic rings. The Labute approximate surface area is 154 Å². The normalized spacial score (nSPS) is 23.8. The SMILES string of the molecule is CC[C@H](OC(=O)[C@H]1[C@H](C=C(C)C)C1(C)C)c1cc2c(cc1Cl)OCO2. The van der Waals surface area contributed by atoms with E-state index in [4.69, 9.17) is 25.8 Å². The zero-order chi connectivity index (χ0) is 18.4. The molecule has 0 aromatic heterocycles. The van der Waals surface area contributed by atoms with Gasteiger partial charge in [0.1, 0.15) is 6.10 Å². The predicted octanol–water partition coefficient (Wildman–Crippen LogP) is 5.30. The third-order valence-electron chi connectivity index (χ3n) is 5.15. The number of carbonyl (C=O) groups is 1. The molecule has 1 aromatic rings. The van der Waals surface area contributed by atoms with Crippen molar-refractivity contribution in [3.8, 4) is 11.5 Å². The van der Waals surface area contributed by atoms with Crippen LogP contribution in [-0.2, 0) is 9.53 Å². The van der Waals surface area contributed by atoms with Crippen molar-refractivity contribution >= 4 is 17.6 Å². The van der Waals surface area contributed by atoms with Gasteiger partial charge in [0.05, 0.1) is 10.9 Å². The van der Waals surface area contributed by atoms with Crippen LogP contribution in [0.15, 0.2) is 23.8 Å². The third-order valence-corrected chi connectivity index (χ3v) is 5.47. The standard InChI is InChI=1S/C20H25ClO4/c1-6-15(12-8-16-17(9-14(12)21)24-10-23-16)25-19(22)18-13(7-11(2)3)20(18,4)5/h7-9,13,15,18H,6,10H2,1-5H3/t13-,15-,18+/m0/s1. The molecule has 5 heteroatoms. The Morgan fingerprint density at radius 3 is 2.60 bits per heavy atom. The van der Waals surface area contributed by atoms with E-state index in [9.17, 15) is 4.79 Å². The van der Waals surface area contributed by atoms with Crippen LogP contribution in [0.4, 0.5) is 0 Å². The van der Waals surface area contributed by atoms with E-state index in [0.29, 0.717) is 22.9 Å². The van der Waals surface area contributed by atoms with Gasteiger partial charge in [0.25, 0.3) is 0 Å². The molecule has 0 unspecified atom stereocenters. The highest BCUT2D eigenvalue weighted by molar-refractivity contribution is 6.31. The quantitative estimate of drug-likeness (QED) is 0.525. The van der Waals surface area contributed by atoms with E-state index in [1.807, 2.05) is 13.0 Å². The van der Waals surface area contributed by atoms with E-state index in [2.05, 4.69) is 33.8 Å². The molecule has 0 amide bonds. The summed E-state index contributed by atoms with van der Waals surface area (Å²) < 4.78 is 16.6. The molecule has 4 nitrogen and oxygen atoms in total. The number of ether oxygens (including phenoxy) is 3. The van der Waals surface area contributed by atoms with Crippen LogP contribution in [0.1, 0.15) is 52.7 Å². The highest BCUT2D eigenvalue weighted by atomic mass is 35.5. The Bertz CT molecular complexity index is 719. The third kappa shape index (κ3) is 3.37. The van der Waals surface area contributed by atoms with E-state index >= 15 is 0 Å². The zero-order valence-corrected chi connectivity index (χ0v) is 16.1. The van der Waals surface area contributed by atoms with Crippen LogP contribution < -0.4 is 9.47 Å². The largest absolute Gasteiger partial charge is 0.457 e. The lowest BCUT2D eigenvalue weighted by Gasteiger charge is -2.19. The van der Waals surface area contributed by atoms with Crippen molar-refractivity contribution < 1.29 is 19.0 Å². The van der Waals surface area contributed by atoms with Gasteiger partial charge in [-0.2, -0.15) is 0 Å². The van der Waals surface area contributed by atoms with Crippen molar-refractivity contribution in [2.75, 3.05) is 6.79 Å². The van der Waals surface area contributed by atoms with Gasteiger partial charge in [-0.25, -0.2) is 0 Å². The first-order valence-corrected chi connectivity index (χ1v) is 9.08. The van der Waals surface area contributed by atoms with Crippen molar-refractivity contribution in [1.29, 1.82) is 0 Å². The first-order chi connectivity index (χ1) is 11.8. The van der Waals surface area contributed by atoms with Crippen molar-refractivity contribution in [1.82, 2.24) is 0 Å². The molecular formula is C20H25ClO4. The highest BCUT2D eigenvalue weighted by Gasteiger charge is 2.61. The summed E-state index contributed by atoms with van der Waals surface area (Å²) in [5, 5.41) is 0.528. The number of carbonyl (C=O) groups excluding carboxylic acids is 1. The molecule has 1 aliphatic heterocycles. The fraction of sp³-hybridized carbons (Fsp3) is 0.550. The molecule has 0 N–H and O–H groups in total. The molecule has 3 rings (SSSR count). The fourth-order valence-electron chi connectivity index (χ4n) is 3.56. The minimum Gasteiger partial charge on any atom is -0.457 e. The van der Waals surface area contributed by atoms with Gasteiger partial charge in [-0.3, -0.25) is 4.79 Å². The maximum atomic E-state index is 12.8.